The number of nitrogens with zero attached hydrogens (tertiary/aromatic N) is 1. The van der Waals surface area contributed by atoms with E-state index in [-0.39, 0.29) is 11.8 Å². The molecule has 0 spiro atoms. The van der Waals surface area contributed by atoms with Crippen LogP contribution >= 0.6 is 0 Å². The zero-order valence-electron chi connectivity index (χ0n) is 12.5. The predicted molar refractivity (Wildman–Crippen MR) is 80.9 cm³/mol. The van der Waals surface area contributed by atoms with Crippen LogP contribution in [-0.4, -0.2) is 35.0 Å². The zero-order valence-corrected chi connectivity index (χ0v) is 12.5. The summed E-state index contributed by atoms with van der Waals surface area (Å²) in [4.78, 5) is 25.6. The fourth-order valence-corrected chi connectivity index (χ4v) is 3.12. The molecule has 1 N–H and O–H groups in total. The van der Waals surface area contributed by atoms with Gasteiger partial charge in [-0.15, -0.1) is 0 Å². The Hall–Kier alpha value is -1.84. The number of carbonyl (C=O) groups is 2. The number of carbonyl (C=O) groups excluding carboxylic acids is 1. The highest BCUT2D eigenvalue weighted by Crippen LogP contribution is 2.33. The van der Waals surface area contributed by atoms with E-state index in [1.54, 1.807) is 4.90 Å². The molecule has 1 amide bonds. The maximum Gasteiger partial charge on any atom is 0.307 e. The van der Waals surface area contributed by atoms with Crippen molar-refractivity contribution >= 4 is 11.9 Å². The van der Waals surface area contributed by atoms with Crippen LogP contribution in [0.2, 0.25) is 0 Å². The van der Waals surface area contributed by atoms with E-state index in [0.29, 0.717) is 25.9 Å². The van der Waals surface area contributed by atoms with Gasteiger partial charge in [-0.05, 0) is 31.7 Å². The zero-order chi connectivity index (χ0) is 15.2. The average molecular weight is 289 g/mol. The van der Waals surface area contributed by atoms with Crippen molar-refractivity contribution in [3.8, 4) is 0 Å². The summed E-state index contributed by atoms with van der Waals surface area (Å²) in [5.41, 5.74) is 1.20. The SMILES string of the molecule is CCN(CCc1ccccc1)C(=O)[C@@H]1CCC[C@@H]1C(=O)O. The van der Waals surface area contributed by atoms with Crippen LogP contribution in [0.1, 0.15) is 31.7 Å². The fraction of sp³-hybridized carbons (Fsp3) is 0.529. The Morgan fingerprint density at radius 1 is 1.19 bits per heavy atom. The van der Waals surface area contributed by atoms with Gasteiger partial charge in [0.15, 0.2) is 0 Å². The highest BCUT2D eigenvalue weighted by atomic mass is 16.4. The van der Waals surface area contributed by atoms with Gasteiger partial charge in [-0.25, -0.2) is 0 Å². The first-order chi connectivity index (χ1) is 10.1. The van der Waals surface area contributed by atoms with E-state index in [0.717, 1.165) is 12.8 Å². The molecule has 1 saturated carbocycles. The Balaban J connectivity index is 1.96. The van der Waals surface area contributed by atoms with Gasteiger partial charge in [0.25, 0.3) is 0 Å². The number of aliphatic carboxylic acids is 1. The third-order valence-corrected chi connectivity index (χ3v) is 4.36. The molecular formula is C17H23NO3. The molecule has 1 fully saturated rings. The molecule has 1 aliphatic carbocycles. The van der Waals surface area contributed by atoms with Crippen LogP contribution in [0.15, 0.2) is 30.3 Å². The van der Waals surface area contributed by atoms with Crippen molar-refractivity contribution in [2.75, 3.05) is 13.1 Å². The molecule has 0 saturated heterocycles. The summed E-state index contributed by atoms with van der Waals surface area (Å²) in [6, 6.07) is 10.1. The lowest BCUT2D eigenvalue weighted by Crippen LogP contribution is -2.40. The Labute approximate surface area is 125 Å². The summed E-state index contributed by atoms with van der Waals surface area (Å²) < 4.78 is 0. The monoisotopic (exact) mass is 289 g/mol. The number of hydrogen-bond donors (Lipinski definition) is 1. The third kappa shape index (κ3) is 3.84. The number of carboxylic acids is 1. The van der Waals surface area contributed by atoms with Crippen molar-refractivity contribution in [2.45, 2.75) is 32.6 Å². The summed E-state index contributed by atoms with van der Waals surface area (Å²) in [5, 5.41) is 9.22. The Kier molecular flexibility index (Phi) is 5.37. The van der Waals surface area contributed by atoms with E-state index in [1.807, 2.05) is 37.3 Å². The van der Waals surface area contributed by atoms with Crippen molar-refractivity contribution in [2.24, 2.45) is 11.8 Å². The smallest absolute Gasteiger partial charge is 0.307 e. The lowest BCUT2D eigenvalue weighted by atomic mass is 9.94. The van der Waals surface area contributed by atoms with Crippen molar-refractivity contribution in [1.29, 1.82) is 0 Å². The maximum atomic E-state index is 12.6. The lowest BCUT2D eigenvalue weighted by Gasteiger charge is -2.26. The molecule has 0 aliphatic heterocycles. The number of likely N-dealkylation sites (N-methyl/N-ethyl adjacent to an activating group) is 1. The van der Waals surface area contributed by atoms with E-state index in [2.05, 4.69) is 0 Å². The highest BCUT2D eigenvalue weighted by molar-refractivity contribution is 5.85. The van der Waals surface area contributed by atoms with Crippen molar-refractivity contribution in [1.82, 2.24) is 4.90 Å². The molecule has 114 valence electrons. The van der Waals surface area contributed by atoms with E-state index in [9.17, 15) is 14.7 Å². The number of benzene rings is 1. The fourth-order valence-electron chi connectivity index (χ4n) is 3.12. The largest absolute Gasteiger partial charge is 0.481 e. The first-order valence-electron chi connectivity index (χ1n) is 7.69. The van der Waals surface area contributed by atoms with Gasteiger partial charge in [-0.1, -0.05) is 36.8 Å². The molecular weight excluding hydrogens is 266 g/mol. The first kappa shape index (κ1) is 15.5. The van der Waals surface area contributed by atoms with Crippen LogP contribution in [-0.2, 0) is 16.0 Å². The van der Waals surface area contributed by atoms with Gasteiger partial charge >= 0.3 is 5.97 Å². The molecule has 0 aromatic heterocycles. The molecule has 4 heteroatoms. The summed E-state index contributed by atoms with van der Waals surface area (Å²) in [7, 11) is 0. The average Bonchev–Trinajstić information content (AvgIpc) is 2.98. The van der Waals surface area contributed by atoms with Crippen LogP contribution in [0.3, 0.4) is 0 Å². The quantitative estimate of drug-likeness (QED) is 0.875. The van der Waals surface area contributed by atoms with Crippen LogP contribution < -0.4 is 0 Å². The number of hydrogen-bond acceptors (Lipinski definition) is 2. The summed E-state index contributed by atoms with van der Waals surface area (Å²) in [6.07, 6.45) is 2.98. The van der Waals surface area contributed by atoms with Crippen molar-refractivity contribution in [3.63, 3.8) is 0 Å². The number of carboxylic acid groups (broad SMARTS) is 1. The minimum Gasteiger partial charge on any atom is -0.481 e. The van der Waals surface area contributed by atoms with E-state index in [4.69, 9.17) is 0 Å². The summed E-state index contributed by atoms with van der Waals surface area (Å²) in [6.45, 7) is 3.24. The molecule has 1 aliphatic rings. The molecule has 0 bridgehead atoms. The van der Waals surface area contributed by atoms with Crippen LogP contribution in [0, 0.1) is 11.8 Å². The van der Waals surface area contributed by atoms with Gasteiger partial charge in [-0.2, -0.15) is 0 Å². The minimum atomic E-state index is -0.829. The van der Waals surface area contributed by atoms with Crippen LogP contribution in [0.4, 0.5) is 0 Å². The van der Waals surface area contributed by atoms with Gasteiger partial charge in [-0.3, -0.25) is 9.59 Å². The number of rotatable bonds is 6. The second-order valence-corrected chi connectivity index (χ2v) is 5.64. The van der Waals surface area contributed by atoms with Gasteiger partial charge in [0.2, 0.25) is 5.91 Å². The Bertz CT molecular complexity index is 486. The molecule has 2 rings (SSSR count). The molecule has 0 heterocycles. The molecule has 21 heavy (non-hydrogen) atoms. The minimum absolute atomic E-state index is 0.0123. The van der Waals surface area contributed by atoms with E-state index < -0.39 is 11.9 Å². The van der Waals surface area contributed by atoms with Gasteiger partial charge in [0.1, 0.15) is 0 Å². The van der Waals surface area contributed by atoms with Gasteiger partial charge < -0.3 is 10.0 Å². The van der Waals surface area contributed by atoms with E-state index in [1.165, 1.54) is 5.56 Å². The second kappa shape index (κ2) is 7.25. The molecule has 1 aromatic rings. The van der Waals surface area contributed by atoms with Crippen molar-refractivity contribution in [3.05, 3.63) is 35.9 Å². The maximum absolute atomic E-state index is 12.6. The standard InChI is InChI=1S/C17H23NO3/c1-2-18(12-11-13-7-4-3-5-8-13)16(19)14-9-6-10-15(14)17(20)21/h3-5,7-8,14-15H,2,6,9-12H2,1H3,(H,20,21)/t14-,15+/m1/s1. The number of amides is 1. The second-order valence-electron chi connectivity index (χ2n) is 5.64. The lowest BCUT2D eigenvalue weighted by molar-refractivity contribution is -0.149. The summed E-state index contributed by atoms with van der Waals surface area (Å²) >= 11 is 0. The van der Waals surface area contributed by atoms with Crippen LogP contribution in [0.5, 0.6) is 0 Å². The molecule has 0 unspecified atom stereocenters. The molecule has 2 atom stereocenters. The highest BCUT2D eigenvalue weighted by Gasteiger charge is 2.39. The first-order valence-corrected chi connectivity index (χ1v) is 7.69. The molecule has 1 aromatic carbocycles. The Morgan fingerprint density at radius 3 is 2.48 bits per heavy atom. The van der Waals surface area contributed by atoms with Crippen molar-refractivity contribution < 1.29 is 14.7 Å². The third-order valence-electron chi connectivity index (χ3n) is 4.36. The predicted octanol–water partition coefficient (Wildman–Crippen LogP) is 2.58. The topological polar surface area (TPSA) is 57.6 Å². The molecule has 0 radical (unpaired) electrons. The van der Waals surface area contributed by atoms with E-state index >= 15 is 0 Å². The van der Waals surface area contributed by atoms with Gasteiger partial charge in [0.05, 0.1) is 11.8 Å². The van der Waals surface area contributed by atoms with Gasteiger partial charge in [0, 0.05) is 13.1 Å². The molecule has 4 nitrogen and oxygen atoms in total. The summed E-state index contributed by atoms with van der Waals surface area (Å²) in [5.74, 6) is -1.65. The van der Waals surface area contributed by atoms with Crippen LogP contribution in [0.25, 0.3) is 0 Å². The normalized spacial score (nSPS) is 21.2. The Morgan fingerprint density at radius 2 is 1.86 bits per heavy atom.